The molecule has 14 heavy (non-hydrogen) atoms. The molecule has 0 unspecified atom stereocenters. The van der Waals surface area contributed by atoms with E-state index in [2.05, 4.69) is 11.4 Å². The quantitative estimate of drug-likeness (QED) is 0.699. The number of nitrogens with one attached hydrogen (secondary N) is 1. The van der Waals surface area contributed by atoms with Gasteiger partial charge in [-0.25, -0.2) is 0 Å². The van der Waals surface area contributed by atoms with Crippen molar-refractivity contribution < 1.29 is 4.42 Å². The summed E-state index contributed by atoms with van der Waals surface area (Å²) in [6.45, 7) is 2.08. The number of rotatable bonds is 6. The first-order valence-electron chi connectivity index (χ1n) is 5.36. The molecular weight excluding hydrogens is 174 g/mol. The van der Waals surface area contributed by atoms with E-state index in [0.29, 0.717) is 0 Å². The van der Waals surface area contributed by atoms with E-state index in [1.54, 1.807) is 6.26 Å². The summed E-state index contributed by atoms with van der Waals surface area (Å²) in [5, 5.41) is 3.39. The van der Waals surface area contributed by atoms with Crippen molar-refractivity contribution in [1.29, 1.82) is 0 Å². The molecule has 2 nitrogen and oxygen atoms in total. The molecule has 1 heterocycles. The van der Waals surface area contributed by atoms with Gasteiger partial charge in [-0.05, 0) is 37.1 Å². The number of hydrogen-bond acceptors (Lipinski definition) is 2. The van der Waals surface area contributed by atoms with Crippen LogP contribution in [0.5, 0.6) is 0 Å². The first-order chi connectivity index (χ1) is 6.95. The van der Waals surface area contributed by atoms with E-state index < -0.39 is 0 Å². The highest BCUT2D eigenvalue weighted by atomic mass is 16.3. The summed E-state index contributed by atoms with van der Waals surface area (Å²) in [7, 11) is 0. The fraction of sp³-hybridized carbons (Fsp3) is 0.500. The summed E-state index contributed by atoms with van der Waals surface area (Å²) in [6.07, 6.45) is 10.0. The standard InChI is InChI=1S/C12H17NO/c1(3-12-4-2-10-14-12)8-13-9-7-11-5-6-11/h1-4,10-11,13H,5-9H2/b3-1+. The molecular formula is C12H17NO. The Labute approximate surface area is 85.0 Å². The Balaban J connectivity index is 1.53. The molecule has 0 amide bonds. The highest BCUT2D eigenvalue weighted by Crippen LogP contribution is 2.31. The predicted molar refractivity (Wildman–Crippen MR) is 58.0 cm³/mol. The van der Waals surface area contributed by atoms with Gasteiger partial charge in [0.05, 0.1) is 6.26 Å². The summed E-state index contributed by atoms with van der Waals surface area (Å²) in [4.78, 5) is 0. The molecule has 1 aromatic heterocycles. The van der Waals surface area contributed by atoms with Crippen LogP contribution in [0.4, 0.5) is 0 Å². The molecule has 1 aliphatic rings. The Morgan fingerprint density at radius 1 is 1.50 bits per heavy atom. The van der Waals surface area contributed by atoms with Crippen LogP contribution in [0.25, 0.3) is 6.08 Å². The van der Waals surface area contributed by atoms with Crippen LogP contribution >= 0.6 is 0 Å². The van der Waals surface area contributed by atoms with Crippen LogP contribution in [-0.4, -0.2) is 13.1 Å². The Bertz CT molecular complexity index is 273. The van der Waals surface area contributed by atoms with Crippen molar-refractivity contribution in [1.82, 2.24) is 5.32 Å². The molecule has 1 N–H and O–H groups in total. The zero-order valence-electron chi connectivity index (χ0n) is 8.41. The molecule has 0 atom stereocenters. The van der Waals surface area contributed by atoms with E-state index in [1.807, 2.05) is 18.2 Å². The number of furan rings is 1. The predicted octanol–water partition coefficient (Wildman–Crippen LogP) is 2.68. The second-order valence-corrected chi connectivity index (χ2v) is 3.85. The molecule has 0 radical (unpaired) electrons. The fourth-order valence-corrected chi connectivity index (χ4v) is 1.46. The molecule has 0 aromatic carbocycles. The zero-order valence-corrected chi connectivity index (χ0v) is 8.41. The van der Waals surface area contributed by atoms with E-state index in [-0.39, 0.29) is 0 Å². The minimum atomic E-state index is 0.925. The Kier molecular flexibility index (Phi) is 3.41. The van der Waals surface area contributed by atoms with E-state index >= 15 is 0 Å². The third-order valence-electron chi connectivity index (χ3n) is 2.51. The van der Waals surface area contributed by atoms with E-state index in [1.165, 1.54) is 19.3 Å². The lowest BCUT2D eigenvalue weighted by atomic mass is 10.3. The van der Waals surface area contributed by atoms with Gasteiger partial charge in [-0.2, -0.15) is 0 Å². The maximum absolute atomic E-state index is 5.17. The van der Waals surface area contributed by atoms with Gasteiger partial charge in [0.25, 0.3) is 0 Å². The Hall–Kier alpha value is -1.02. The van der Waals surface area contributed by atoms with Gasteiger partial charge in [-0.1, -0.05) is 18.9 Å². The van der Waals surface area contributed by atoms with Crippen LogP contribution < -0.4 is 5.32 Å². The van der Waals surface area contributed by atoms with Crippen LogP contribution in [0.15, 0.2) is 28.9 Å². The van der Waals surface area contributed by atoms with Gasteiger partial charge in [0, 0.05) is 6.54 Å². The second-order valence-electron chi connectivity index (χ2n) is 3.85. The van der Waals surface area contributed by atoms with Crippen LogP contribution in [0.3, 0.4) is 0 Å². The molecule has 2 rings (SSSR count). The third kappa shape index (κ3) is 3.38. The monoisotopic (exact) mass is 191 g/mol. The molecule has 1 aliphatic carbocycles. The van der Waals surface area contributed by atoms with Gasteiger partial charge in [0.15, 0.2) is 0 Å². The largest absolute Gasteiger partial charge is 0.465 e. The van der Waals surface area contributed by atoms with Crippen molar-refractivity contribution in [3.05, 3.63) is 30.2 Å². The zero-order chi connectivity index (χ0) is 9.64. The molecule has 0 saturated heterocycles. The minimum Gasteiger partial charge on any atom is -0.465 e. The lowest BCUT2D eigenvalue weighted by Crippen LogP contribution is -2.15. The fourth-order valence-electron chi connectivity index (χ4n) is 1.46. The summed E-state index contributed by atoms with van der Waals surface area (Å²) < 4.78 is 5.17. The summed E-state index contributed by atoms with van der Waals surface area (Å²) in [5.41, 5.74) is 0. The van der Waals surface area contributed by atoms with Crippen LogP contribution in [0, 0.1) is 5.92 Å². The van der Waals surface area contributed by atoms with Crippen molar-refractivity contribution in [2.24, 2.45) is 5.92 Å². The maximum atomic E-state index is 5.17. The third-order valence-corrected chi connectivity index (χ3v) is 2.51. The molecule has 1 aromatic rings. The van der Waals surface area contributed by atoms with Crippen molar-refractivity contribution >= 4 is 6.08 Å². The summed E-state index contributed by atoms with van der Waals surface area (Å²) in [5.74, 6) is 1.95. The van der Waals surface area contributed by atoms with E-state index in [9.17, 15) is 0 Å². The summed E-state index contributed by atoms with van der Waals surface area (Å²) >= 11 is 0. The highest BCUT2D eigenvalue weighted by Gasteiger charge is 2.19. The highest BCUT2D eigenvalue weighted by molar-refractivity contribution is 5.42. The van der Waals surface area contributed by atoms with Crippen LogP contribution in [-0.2, 0) is 0 Å². The van der Waals surface area contributed by atoms with Gasteiger partial charge in [-0.3, -0.25) is 0 Å². The van der Waals surface area contributed by atoms with Gasteiger partial charge < -0.3 is 9.73 Å². The van der Waals surface area contributed by atoms with Crippen molar-refractivity contribution in [3.63, 3.8) is 0 Å². The van der Waals surface area contributed by atoms with Crippen LogP contribution in [0.2, 0.25) is 0 Å². The number of hydrogen-bond donors (Lipinski definition) is 1. The van der Waals surface area contributed by atoms with E-state index in [0.717, 1.165) is 24.8 Å². The molecule has 1 fully saturated rings. The van der Waals surface area contributed by atoms with Crippen LogP contribution in [0.1, 0.15) is 25.0 Å². The topological polar surface area (TPSA) is 25.2 Å². The molecule has 2 heteroatoms. The normalized spacial score (nSPS) is 16.6. The lowest BCUT2D eigenvalue weighted by molar-refractivity contribution is 0.556. The first-order valence-corrected chi connectivity index (χ1v) is 5.36. The summed E-state index contributed by atoms with van der Waals surface area (Å²) in [6, 6.07) is 3.86. The van der Waals surface area contributed by atoms with Crippen molar-refractivity contribution in [2.45, 2.75) is 19.3 Å². The average molecular weight is 191 g/mol. The first kappa shape index (κ1) is 9.53. The lowest BCUT2D eigenvalue weighted by Gasteiger charge is -1.98. The van der Waals surface area contributed by atoms with Crippen molar-refractivity contribution in [3.8, 4) is 0 Å². The van der Waals surface area contributed by atoms with Gasteiger partial charge in [0.2, 0.25) is 0 Å². The Morgan fingerprint density at radius 2 is 2.43 bits per heavy atom. The van der Waals surface area contributed by atoms with Crippen molar-refractivity contribution in [2.75, 3.05) is 13.1 Å². The van der Waals surface area contributed by atoms with Gasteiger partial charge in [0.1, 0.15) is 5.76 Å². The molecule has 0 spiro atoms. The SMILES string of the molecule is C(=C\c1ccco1)/CNCCC1CC1. The molecule has 1 saturated carbocycles. The molecule has 0 aliphatic heterocycles. The second kappa shape index (κ2) is 5.01. The van der Waals surface area contributed by atoms with E-state index in [4.69, 9.17) is 4.42 Å². The maximum Gasteiger partial charge on any atom is 0.126 e. The molecule has 0 bridgehead atoms. The van der Waals surface area contributed by atoms with Gasteiger partial charge >= 0.3 is 0 Å². The van der Waals surface area contributed by atoms with Gasteiger partial charge in [-0.15, -0.1) is 0 Å². The Morgan fingerprint density at radius 3 is 3.14 bits per heavy atom. The average Bonchev–Trinajstić information content (AvgIpc) is 2.87. The smallest absolute Gasteiger partial charge is 0.126 e. The minimum absolute atomic E-state index is 0.925. The molecule has 76 valence electrons.